The number of aromatic carboxylic acids is 1. The number of hydrogen-bond acceptors (Lipinski definition) is 3. The molecule has 0 aromatic heterocycles. The summed E-state index contributed by atoms with van der Waals surface area (Å²) in [4.78, 5) is 10.3. The van der Waals surface area contributed by atoms with Crippen LogP contribution in [0, 0.1) is 0 Å². The Bertz CT molecular complexity index is 297. The Hall–Kier alpha value is -1.42. The van der Waals surface area contributed by atoms with Crippen LogP contribution in [0.5, 0.6) is 11.5 Å². The summed E-state index contributed by atoms with van der Waals surface area (Å²) in [5, 5.41) is 26.2. The Morgan fingerprint density at radius 1 is 1.25 bits per heavy atom. The van der Waals surface area contributed by atoms with Crippen molar-refractivity contribution in [3.8, 4) is 11.5 Å². The molecule has 0 aliphatic rings. The van der Waals surface area contributed by atoms with Gasteiger partial charge in [0.05, 0.1) is 0 Å². The summed E-state index contributed by atoms with van der Waals surface area (Å²) in [5.41, 5.74) is -0.301. The molecular formula is C7H7ClO4. The minimum Gasteiger partial charge on any atom is -0.504 e. The number of aromatic hydroxyl groups is 2. The van der Waals surface area contributed by atoms with E-state index in [0.717, 1.165) is 0 Å². The van der Waals surface area contributed by atoms with E-state index in [1.165, 1.54) is 18.2 Å². The number of phenols is 2. The van der Waals surface area contributed by atoms with Crippen LogP contribution in [0.1, 0.15) is 10.4 Å². The lowest BCUT2D eigenvalue weighted by atomic mass is 10.2. The van der Waals surface area contributed by atoms with Crippen molar-refractivity contribution in [3.63, 3.8) is 0 Å². The maximum atomic E-state index is 10.3. The molecule has 0 aliphatic carbocycles. The van der Waals surface area contributed by atoms with Crippen LogP contribution in [-0.4, -0.2) is 21.3 Å². The van der Waals surface area contributed by atoms with Crippen LogP contribution >= 0.6 is 12.4 Å². The largest absolute Gasteiger partial charge is 0.504 e. The van der Waals surface area contributed by atoms with E-state index in [-0.39, 0.29) is 18.0 Å². The van der Waals surface area contributed by atoms with E-state index in [0.29, 0.717) is 0 Å². The number of carboxylic acids is 1. The van der Waals surface area contributed by atoms with Crippen LogP contribution in [0.2, 0.25) is 0 Å². The Labute approximate surface area is 74.5 Å². The molecule has 0 unspecified atom stereocenters. The second kappa shape index (κ2) is 3.82. The van der Waals surface area contributed by atoms with Crippen LogP contribution in [0.25, 0.3) is 0 Å². The quantitative estimate of drug-likeness (QED) is 0.582. The Balaban J connectivity index is 0.00000121. The first kappa shape index (κ1) is 10.6. The van der Waals surface area contributed by atoms with Gasteiger partial charge < -0.3 is 15.3 Å². The molecule has 12 heavy (non-hydrogen) atoms. The number of benzene rings is 1. The van der Waals surface area contributed by atoms with E-state index in [2.05, 4.69) is 0 Å². The lowest BCUT2D eigenvalue weighted by Crippen LogP contribution is -1.95. The maximum absolute atomic E-state index is 10.3. The molecule has 0 atom stereocenters. The molecule has 0 saturated heterocycles. The molecule has 0 fully saturated rings. The fourth-order valence-electron chi connectivity index (χ4n) is 0.704. The van der Waals surface area contributed by atoms with E-state index in [1.807, 2.05) is 0 Å². The Morgan fingerprint density at radius 3 is 2.25 bits per heavy atom. The van der Waals surface area contributed by atoms with Crippen molar-refractivity contribution >= 4 is 18.4 Å². The molecule has 4 nitrogen and oxygen atoms in total. The first-order valence-corrected chi connectivity index (χ1v) is 2.87. The molecule has 1 rings (SSSR count). The zero-order valence-corrected chi connectivity index (χ0v) is 6.71. The van der Waals surface area contributed by atoms with Gasteiger partial charge in [0.15, 0.2) is 11.5 Å². The zero-order chi connectivity index (χ0) is 8.43. The number of carbonyl (C=O) groups is 1. The van der Waals surface area contributed by atoms with E-state index in [4.69, 9.17) is 15.3 Å². The second-order valence-corrected chi connectivity index (χ2v) is 1.98. The summed E-state index contributed by atoms with van der Waals surface area (Å²) >= 11 is 0. The van der Waals surface area contributed by atoms with Gasteiger partial charge in [0.25, 0.3) is 0 Å². The van der Waals surface area contributed by atoms with Gasteiger partial charge in [-0.25, -0.2) is 4.79 Å². The third-order valence-corrected chi connectivity index (χ3v) is 1.25. The van der Waals surface area contributed by atoms with E-state index < -0.39 is 17.5 Å². The van der Waals surface area contributed by atoms with Crippen LogP contribution in [0.15, 0.2) is 18.2 Å². The Kier molecular flexibility index (Phi) is 3.37. The number of phenolic OH excluding ortho intramolecular Hbond substituents is 1. The summed E-state index contributed by atoms with van der Waals surface area (Å²) in [7, 11) is 0. The van der Waals surface area contributed by atoms with Gasteiger partial charge in [-0.2, -0.15) is 0 Å². The first-order valence-electron chi connectivity index (χ1n) is 2.87. The summed E-state index contributed by atoms with van der Waals surface area (Å²) in [6.45, 7) is 0. The van der Waals surface area contributed by atoms with E-state index >= 15 is 0 Å². The molecule has 0 bridgehead atoms. The standard InChI is InChI=1S/C7H6O4.ClH/c8-5-3-1-2-4(6(5)9)7(10)11;/h1-3,8-9H,(H,10,11);1H. The van der Waals surface area contributed by atoms with Crippen LogP contribution in [0.4, 0.5) is 0 Å². The van der Waals surface area contributed by atoms with Crippen molar-refractivity contribution in [3.05, 3.63) is 23.8 Å². The summed E-state index contributed by atoms with van der Waals surface area (Å²) < 4.78 is 0. The number of rotatable bonds is 1. The molecule has 5 heteroatoms. The molecule has 0 spiro atoms. The normalized spacial score (nSPS) is 8.67. The Morgan fingerprint density at radius 2 is 1.83 bits per heavy atom. The third kappa shape index (κ3) is 1.79. The van der Waals surface area contributed by atoms with Crippen molar-refractivity contribution in [2.45, 2.75) is 0 Å². The molecule has 1 aromatic carbocycles. The SMILES string of the molecule is Cl.O=C(O)c1cccc(O)c1O. The number of hydrogen-bond donors (Lipinski definition) is 3. The summed E-state index contributed by atoms with van der Waals surface area (Å²) in [5.74, 6) is -2.29. The molecule has 3 N–H and O–H groups in total. The predicted molar refractivity (Wildman–Crippen MR) is 44.0 cm³/mol. The van der Waals surface area contributed by atoms with E-state index in [1.54, 1.807) is 0 Å². The number of para-hydroxylation sites is 1. The molecule has 0 saturated carbocycles. The molecule has 0 radical (unpaired) electrons. The lowest BCUT2D eigenvalue weighted by Gasteiger charge is -1.99. The molecule has 0 heterocycles. The molecule has 66 valence electrons. The van der Waals surface area contributed by atoms with E-state index in [9.17, 15) is 4.79 Å². The van der Waals surface area contributed by atoms with Gasteiger partial charge in [-0.3, -0.25) is 0 Å². The molecule has 1 aromatic rings. The summed E-state index contributed by atoms with van der Waals surface area (Å²) in [6.07, 6.45) is 0. The smallest absolute Gasteiger partial charge is 0.339 e. The molecule has 0 amide bonds. The minimum absolute atomic E-state index is 0. The van der Waals surface area contributed by atoms with Gasteiger partial charge in [-0.1, -0.05) is 6.07 Å². The van der Waals surface area contributed by atoms with Gasteiger partial charge in [0.1, 0.15) is 5.56 Å². The lowest BCUT2D eigenvalue weighted by molar-refractivity contribution is 0.0693. The van der Waals surface area contributed by atoms with Gasteiger partial charge in [-0.15, -0.1) is 12.4 Å². The predicted octanol–water partition coefficient (Wildman–Crippen LogP) is 1.22. The second-order valence-electron chi connectivity index (χ2n) is 1.98. The van der Waals surface area contributed by atoms with Gasteiger partial charge in [0, 0.05) is 0 Å². The van der Waals surface area contributed by atoms with Crippen molar-refractivity contribution in [2.75, 3.05) is 0 Å². The highest BCUT2D eigenvalue weighted by Crippen LogP contribution is 2.27. The highest BCUT2D eigenvalue weighted by Gasteiger charge is 2.11. The topological polar surface area (TPSA) is 77.8 Å². The maximum Gasteiger partial charge on any atom is 0.339 e. The fraction of sp³-hybridized carbons (Fsp3) is 0. The first-order chi connectivity index (χ1) is 5.13. The number of carboxylic acid groups (broad SMARTS) is 1. The monoisotopic (exact) mass is 190 g/mol. The average molecular weight is 191 g/mol. The summed E-state index contributed by atoms with van der Waals surface area (Å²) in [6, 6.07) is 3.76. The van der Waals surface area contributed by atoms with Crippen LogP contribution in [0.3, 0.4) is 0 Å². The van der Waals surface area contributed by atoms with Crippen LogP contribution < -0.4 is 0 Å². The van der Waals surface area contributed by atoms with Gasteiger partial charge in [0.2, 0.25) is 0 Å². The van der Waals surface area contributed by atoms with Crippen molar-refractivity contribution < 1.29 is 20.1 Å². The average Bonchev–Trinajstić information content (AvgIpc) is 1.94. The van der Waals surface area contributed by atoms with Gasteiger partial charge >= 0.3 is 5.97 Å². The fourth-order valence-corrected chi connectivity index (χ4v) is 0.704. The minimum atomic E-state index is -1.27. The number of halogens is 1. The molecule has 0 aliphatic heterocycles. The van der Waals surface area contributed by atoms with Gasteiger partial charge in [-0.05, 0) is 12.1 Å². The molecular weight excluding hydrogens is 184 g/mol. The highest BCUT2D eigenvalue weighted by atomic mass is 35.5. The van der Waals surface area contributed by atoms with Crippen molar-refractivity contribution in [1.82, 2.24) is 0 Å². The van der Waals surface area contributed by atoms with Crippen LogP contribution in [-0.2, 0) is 0 Å². The third-order valence-electron chi connectivity index (χ3n) is 1.25. The van der Waals surface area contributed by atoms with Crippen molar-refractivity contribution in [1.29, 1.82) is 0 Å². The zero-order valence-electron chi connectivity index (χ0n) is 5.89. The van der Waals surface area contributed by atoms with Crippen molar-refractivity contribution in [2.24, 2.45) is 0 Å². The highest BCUT2D eigenvalue weighted by molar-refractivity contribution is 5.91.